The summed E-state index contributed by atoms with van der Waals surface area (Å²) in [5.41, 5.74) is 0. The third-order valence-corrected chi connectivity index (χ3v) is 1.56. The average molecular weight is 275 g/mol. The molecule has 0 aliphatic rings. The molecular formula is C9H17O4Rb. The van der Waals surface area contributed by atoms with Crippen molar-refractivity contribution in [3.8, 4) is 0 Å². The summed E-state index contributed by atoms with van der Waals surface area (Å²) >= 11 is 0. The van der Waals surface area contributed by atoms with Crippen molar-refractivity contribution >= 4 is 70.1 Å². The summed E-state index contributed by atoms with van der Waals surface area (Å²) in [4.78, 5) is 20.7. The van der Waals surface area contributed by atoms with E-state index in [2.05, 4.69) is 11.7 Å². The Kier molecular flexibility index (Phi) is 14.5. The van der Waals surface area contributed by atoms with Crippen LogP contribution in [0.4, 0.5) is 0 Å². The third-order valence-electron chi connectivity index (χ3n) is 1.56. The molecule has 0 aromatic rings. The first-order valence-corrected chi connectivity index (χ1v) is 4.54. The molecule has 0 saturated heterocycles. The summed E-state index contributed by atoms with van der Waals surface area (Å²) in [6.45, 7) is 2.43. The number of carbonyl (C=O) groups is 2. The maximum absolute atomic E-state index is 10.7. The fourth-order valence-electron chi connectivity index (χ4n) is 0.889. The Morgan fingerprint density at radius 3 is 2.36 bits per heavy atom. The molecule has 0 radical (unpaired) electrons. The standard InChI is InChI=1S/C9H16O4.Rb.H/c1-2-3-4-5-6-13-9(12)7-8(10)11;;/h2-7H2,1H3,(H,10,11);;. The van der Waals surface area contributed by atoms with Gasteiger partial charge in [-0.2, -0.15) is 0 Å². The van der Waals surface area contributed by atoms with Gasteiger partial charge in [0, 0.05) is 0 Å². The van der Waals surface area contributed by atoms with E-state index in [4.69, 9.17) is 5.11 Å². The summed E-state index contributed by atoms with van der Waals surface area (Å²) in [6, 6.07) is 0. The van der Waals surface area contributed by atoms with Crippen molar-refractivity contribution < 1.29 is 19.4 Å². The molecule has 0 fully saturated rings. The van der Waals surface area contributed by atoms with E-state index < -0.39 is 18.4 Å². The molecule has 0 amide bonds. The molecular weight excluding hydrogens is 258 g/mol. The van der Waals surface area contributed by atoms with E-state index >= 15 is 0 Å². The van der Waals surface area contributed by atoms with Crippen LogP contribution in [0, 0.1) is 0 Å². The van der Waals surface area contributed by atoms with Crippen molar-refractivity contribution in [3.05, 3.63) is 0 Å². The molecule has 4 nitrogen and oxygen atoms in total. The van der Waals surface area contributed by atoms with Crippen LogP contribution in [0.5, 0.6) is 0 Å². The van der Waals surface area contributed by atoms with Crippen molar-refractivity contribution in [2.45, 2.75) is 39.0 Å². The molecule has 0 bridgehead atoms. The minimum atomic E-state index is -1.14. The summed E-state index contributed by atoms with van der Waals surface area (Å²) in [6.07, 6.45) is 3.56. The van der Waals surface area contributed by atoms with Gasteiger partial charge < -0.3 is 9.84 Å². The van der Waals surface area contributed by atoms with Crippen molar-refractivity contribution in [2.75, 3.05) is 6.61 Å². The predicted octanol–water partition coefficient (Wildman–Crippen LogP) is 0.936. The van der Waals surface area contributed by atoms with Crippen LogP contribution in [0.3, 0.4) is 0 Å². The van der Waals surface area contributed by atoms with Crippen LogP contribution in [0.15, 0.2) is 0 Å². The molecule has 0 rings (SSSR count). The van der Waals surface area contributed by atoms with Gasteiger partial charge in [0.1, 0.15) is 6.42 Å². The molecule has 0 aromatic carbocycles. The van der Waals surface area contributed by atoms with Gasteiger partial charge in [-0.1, -0.05) is 26.2 Å². The molecule has 14 heavy (non-hydrogen) atoms. The van der Waals surface area contributed by atoms with Crippen molar-refractivity contribution in [1.29, 1.82) is 0 Å². The van der Waals surface area contributed by atoms with Crippen LogP contribution in [0.1, 0.15) is 39.0 Å². The third kappa shape index (κ3) is 12.7. The van der Waals surface area contributed by atoms with Crippen molar-refractivity contribution in [1.82, 2.24) is 0 Å². The molecule has 78 valence electrons. The molecule has 0 atom stereocenters. The molecule has 0 aliphatic carbocycles. The van der Waals surface area contributed by atoms with Crippen LogP contribution >= 0.6 is 0 Å². The SMILES string of the molecule is CCCCCCOC(=O)CC(=O)O.[RbH]. The Labute approximate surface area is 133 Å². The number of carboxylic acid groups (broad SMARTS) is 1. The second-order valence-electron chi connectivity index (χ2n) is 2.85. The van der Waals surface area contributed by atoms with Gasteiger partial charge >= 0.3 is 70.1 Å². The Hall–Kier alpha value is 0.745. The van der Waals surface area contributed by atoms with Gasteiger partial charge in [0.05, 0.1) is 6.61 Å². The molecule has 0 unspecified atom stereocenters. The van der Waals surface area contributed by atoms with Gasteiger partial charge in [-0.25, -0.2) is 0 Å². The first kappa shape index (κ1) is 17.1. The van der Waals surface area contributed by atoms with E-state index in [1.54, 1.807) is 0 Å². The molecule has 1 N–H and O–H groups in total. The molecule has 0 spiro atoms. The van der Waals surface area contributed by atoms with E-state index in [1.807, 2.05) is 0 Å². The summed E-state index contributed by atoms with van der Waals surface area (Å²) in [5, 5.41) is 8.22. The number of carboxylic acids is 1. The molecule has 0 heterocycles. The molecule has 0 aromatic heterocycles. The van der Waals surface area contributed by atoms with E-state index in [1.165, 1.54) is 0 Å². The molecule has 5 heteroatoms. The van der Waals surface area contributed by atoms with Crippen LogP contribution in [-0.4, -0.2) is 81.8 Å². The van der Waals surface area contributed by atoms with Crippen molar-refractivity contribution in [2.24, 2.45) is 0 Å². The second-order valence-corrected chi connectivity index (χ2v) is 2.85. The number of unbranched alkanes of at least 4 members (excludes halogenated alkanes) is 3. The van der Waals surface area contributed by atoms with Gasteiger partial charge in [-0.15, -0.1) is 0 Å². The van der Waals surface area contributed by atoms with Gasteiger partial charge in [0.2, 0.25) is 0 Å². The first-order valence-electron chi connectivity index (χ1n) is 4.54. The van der Waals surface area contributed by atoms with Crippen LogP contribution in [-0.2, 0) is 14.3 Å². The number of hydrogen-bond acceptors (Lipinski definition) is 3. The monoisotopic (exact) mass is 274 g/mol. The van der Waals surface area contributed by atoms with Gasteiger partial charge in [-0.05, 0) is 6.42 Å². The zero-order valence-corrected chi connectivity index (χ0v) is 7.91. The average Bonchev–Trinajstić information content (AvgIpc) is 2.02. The van der Waals surface area contributed by atoms with Crippen LogP contribution in [0.25, 0.3) is 0 Å². The van der Waals surface area contributed by atoms with E-state index in [0.717, 1.165) is 25.7 Å². The number of rotatable bonds is 7. The first-order chi connectivity index (χ1) is 6.16. The number of aliphatic carboxylic acids is 1. The number of hydrogen-bond donors (Lipinski definition) is 1. The summed E-state index contributed by atoms with van der Waals surface area (Å²) < 4.78 is 4.68. The molecule has 0 aliphatic heterocycles. The topological polar surface area (TPSA) is 63.6 Å². The van der Waals surface area contributed by atoms with E-state index in [-0.39, 0.29) is 58.2 Å². The Bertz CT molecular complexity index is 170. The number of esters is 1. The fourth-order valence-corrected chi connectivity index (χ4v) is 0.889. The summed E-state index contributed by atoms with van der Waals surface area (Å²) in [7, 11) is 0. The quantitative estimate of drug-likeness (QED) is 0.426. The Balaban J connectivity index is 0. The van der Waals surface area contributed by atoms with Crippen LogP contribution in [0.2, 0.25) is 0 Å². The Morgan fingerprint density at radius 1 is 1.21 bits per heavy atom. The van der Waals surface area contributed by atoms with Gasteiger partial charge in [0.15, 0.2) is 0 Å². The fraction of sp³-hybridized carbons (Fsp3) is 0.778. The summed E-state index contributed by atoms with van der Waals surface area (Å²) in [5.74, 6) is -1.79. The van der Waals surface area contributed by atoms with Gasteiger partial charge in [-0.3, -0.25) is 9.59 Å². The zero-order valence-electron chi connectivity index (χ0n) is 7.91. The van der Waals surface area contributed by atoms with Crippen LogP contribution < -0.4 is 0 Å². The Morgan fingerprint density at radius 2 is 1.86 bits per heavy atom. The number of ether oxygens (including phenoxy) is 1. The zero-order chi connectivity index (χ0) is 10.1. The predicted molar refractivity (Wildman–Crippen MR) is 54.5 cm³/mol. The van der Waals surface area contributed by atoms with Gasteiger partial charge in [0.25, 0.3) is 0 Å². The minimum absolute atomic E-state index is 0. The second kappa shape index (κ2) is 11.8. The molecule has 0 saturated carbocycles. The van der Waals surface area contributed by atoms with E-state index in [0.29, 0.717) is 6.61 Å². The van der Waals surface area contributed by atoms with Crippen molar-refractivity contribution in [3.63, 3.8) is 0 Å². The van der Waals surface area contributed by atoms with E-state index in [9.17, 15) is 9.59 Å². The maximum atomic E-state index is 10.7. The normalized spacial score (nSPS) is 8.93. The number of carbonyl (C=O) groups excluding carboxylic acids is 1.